The van der Waals surface area contributed by atoms with E-state index in [1.807, 2.05) is 38.2 Å². The minimum atomic E-state index is -1.23. The van der Waals surface area contributed by atoms with Gasteiger partial charge in [-0.3, -0.25) is 4.90 Å². The molecule has 0 saturated carbocycles. The molecule has 1 aromatic rings. The van der Waals surface area contributed by atoms with Crippen molar-refractivity contribution in [2.75, 3.05) is 13.6 Å². The van der Waals surface area contributed by atoms with Crippen LogP contribution in [0.1, 0.15) is 24.5 Å². The largest absolute Gasteiger partial charge is 0.388 e. The van der Waals surface area contributed by atoms with Crippen LogP contribution in [0.25, 0.3) is 0 Å². The van der Waals surface area contributed by atoms with Crippen molar-refractivity contribution in [3.63, 3.8) is 0 Å². The summed E-state index contributed by atoms with van der Waals surface area (Å²) in [6, 6.07) is 7.81. The van der Waals surface area contributed by atoms with E-state index in [4.69, 9.17) is 0 Å². The first-order valence-electron chi connectivity index (χ1n) is 5.80. The fourth-order valence-corrected chi connectivity index (χ4v) is 2.47. The van der Waals surface area contributed by atoms with Crippen molar-refractivity contribution in [2.24, 2.45) is 0 Å². The molecule has 0 heterocycles. The molecule has 88 valence electrons. The molecule has 0 bridgehead atoms. The normalized spacial score (nSPS) is 29.2. The number of benzene rings is 1. The quantitative estimate of drug-likeness (QED) is 0.735. The van der Waals surface area contributed by atoms with E-state index in [0.29, 0.717) is 13.0 Å². The molecular weight excluding hydrogens is 202 g/mol. The summed E-state index contributed by atoms with van der Waals surface area (Å²) in [4.78, 5) is 1.80. The lowest BCUT2D eigenvalue weighted by atomic mass is 9.81. The minimum Gasteiger partial charge on any atom is -0.388 e. The van der Waals surface area contributed by atoms with Crippen molar-refractivity contribution < 1.29 is 10.2 Å². The summed E-state index contributed by atoms with van der Waals surface area (Å²) in [6.45, 7) is 2.67. The fourth-order valence-electron chi connectivity index (χ4n) is 2.47. The van der Waals surface area contributed by atoms with Crippen molar-refractivity contribution in [2.45, 2.75) is 31.6 Å². The number of aliphatic hydroxyl groups is 2. The van der Waals surface area contributed by atoms with Crippen LogP contribution >= 0.6 is 0 Å². The van der Waals surface area contributed by atoms with Crippen molar-refractivity contribution in [3.8, 4) is 0 Å². The van der Waals surface area contributed by atoms with E-state index in [9.17, 15) is 10.2 Å². The Morgan fingerprint density at radius 1 is 1.44 bits per heavy atom. The predicted octanol–water partition coefficient (Wildman–Crippen LogP) is 1.09. The molecule has 0 fully saturated rings. The molecule has 1 aliphatic rings. The van der Waals surface area contributed by atoms with E-state index in [-0.39, 0.29) is 0 Å². The Morgan fingerprint density at radius 3 is 2.81 bits per heavy atom. The minimum absolute atomic E-state index is 0.609. The third-order valence-electron chi connectivity index (χ3n) is 3.62. The molecule has 0 saturated heterocycles. The van der Waals surface area contributed by atoms with Gasteiger partial charge in [0.05, 0.1) is 0 Å². The molecule has 0 radical (unpaired) electrons. The highest BCUT2D eigenvalue weighted by Crippen LogP contribution is 2.37. The third-order valence-corrected chi connectivity index (χ3v) is 3.62. The van der Waals surface area contributed by atoms with E-state index in [1.165, 1.54) is 0 Å². The topological polar surface area (TPSA) is 43.7 Å². The highest BCUT2D eigenvalue weighted by molar-refractivity contribution is 5.35. The number of aryl methyl sites for hydroxylation is 1. The number of aliphatic hydroxyl groups excluding tert-OH is 1. The molecule has 0 aromatic heterocycles. The standard InChI is InChI=1S/C13H19NO2/c1-3-14(2)13(16)11-7-5-4-6-10(11)8-9-12(13)15/h4-7,12,15-16H,3,8-9H2,1-2H3/t12-,13+/m1/s1. The van der Waals surface area contributed by atoms with Crippen LogP contribution < -0.4 is 0 Å². The Morgan fingerprint density at radius 2 is 2.12 bits per heavy atom. The van der Waals surface area contributed by atoms with Crippen LogP contribution in [0.4, 0.5) is 0 Å². The zero-order chi connectivity index (χ0) is 11.8. The van der Waals surface area contributed by atoms with Crippen LogP contribution in [0.2, 0.25) is 0 Å². The second-order valence-corrected chi connectivity index (χ2v) is 4.45. The molecule has 2 rings (SSSR count). The van der Waals surface area contributed by atoms with E-state index in [2.05, 4.69) is 0 Å². The number of likely N-dealkylation sites (N-methyl/N-ethyl adjacent to an activating group) is 1. The maximum atomic E-state index is 10.7. The Balaban J connectivity index is 2.51. The van der Waals surface area contributed by atoms with Gasteiger partial charge in [0.15, 0.2) is 5.72 Å². The Bertz CT molecular complexity index is 380. The molecule has 1 aromatic carbocycles. The lowest BCUT2D eigenvalue weighted by Crippen LogP contribution is -2.54. The number of nitrogens with zero attached hydrogens (tertiary/aromatic N) is 1. The molecule has 16 heavy (non-hydrogen) atoms. The van der Waals surface area contributed by atoms with Gasteiger partial charge in [0, 0.05) is 5.56 Å². The van der Waals surface area contributed by atoms with Crippen LogP contribution in [0, 0.1) is 0 Å². The molecule has 1 aliphatic carbocycles. The molecule has 0 unspecified atom stereocenters. The summed E-state index contributed by atoms with van der Waals surface area (Å²) in [5.74, 6) is 0. The lowest BCUT2D eigenvalue weighted by molar-refractivity contribution is -0.184. The first kappa shape index (κ1) is 11.6. The summed E-state index contributed by atoms with van der Waals surface area (Å²) >= 11 is 0. The molecule has 3 nitrogen and oxygen atoms in total. The van der Waals surface area contributed by atoms with Gasteiger partial charge in [-0.15, -0.1) is 0 Å². The summed E-state index contributed by atoms with van der Waals surface area (Å²) in [7, 11) is 1.84. The number of hydrogen-bond donors (Lipinski definition) is 2. The lowest BCUT2D eigenvalue weighted by Gasteiger charge is -2.44. The molecule has 0 amide bonds. The van der Waals surface area contributed by atoms with Crippen molar-refractivity contribution >= 4 is 0 Å². The molecular formula is C13H19NO2. The van der Waals surface area contributed by atoms with Crippen LogP contribution in [0.3, 0.4) is 0 Å². The predicted molar refractivity (Wildman–Crippen MR) is 63.0 cm³/mol. The smallest absolute Gasteiger partial charge is 0.170 e. The first-order chi connectivity index (χ1) is 7.60. The van der Waals surface area contributed by atoms with Crippen molar-refractivity contribution in [1.29, 1.82) is 0 Å². The van der Waals surface area contributed by atoms with E-state index in [0.717, 1.165) is 17.5 Å². The van der Waals surface area contributed by atoms with Crippen LogP contribution in [-0.2, 0) is 12.1 Å². The zero-order valence-electron chi connectivity index (χ0n) is 9.85. The SMILES string of the molecule is CCN(C)[C@]1(O)c2ccccc2CC[C@H]1O. The second-order valence-electron chi connectivity index (χ2n) is 4.45. The zero-order valence-corrected chi connectivity index (χ0v) is 9.85. The molecule has 2 N–H and O–H groups in total. The van der Waals surface area contributed by atoms with Gasteiger partial charge in [-0.05, 0) is 32.0 Å². The molecule has 3 heteroatoms. The van der Waals surface area contributed by atoms with Gasteiger partial charge in [-0.2, -0.15) is 0 Å². The average Bonchev–Trinajstić information content (AvgIpc) is 2.33. The van der Waals surface area contributed by atoms with Crippen molar-refractivity contribution in [1.82, 2.24) is 4.90 Å². The van der Waals surface area contributed by atoms with Gasteiger partial charge in [0.2, 0.25) is 0 Å². The van der Waals surface area contributed by atoms with Gasteiger partial charge < -0.3 is 10.2 Å². The number of fused-ring (bicyclic) bond motifs is 1. The maximum absolute atomic E-state index is 10.7. The monoisotopic (exact) mass is 221 g/mol. The van der Waals surface area contributed by atoms with Crippen molar-refractivity contribution in [3.05, 3.63) is 35.4 Å². The van der Waals surface area contributed by atoms with Crippen LogP contribution in [-0.4, -0.2) is 34.8 Å². The third kappa shape index (κ3) is 1.56. The fraction of sp³-hybridized carbons (Fsp3) is 0.538. The molecule has 0 spiro atoms. The van der Waals surface area contributed by atoms with Gasteiger partial charge in [-0.25, -0.2) is 0 Å². The van der Waals surface area contributed by atoms with E-state index >= 15 is 0 Å². The second kappa shape index (κ2) is 4.17. The van der Waals surface area contributed by atoms with Crippen LogP contribution in [0.15, 0.2) is 24.3 Å². The van der Waals surface area contributed by atoms with Crippen LogP contribution in [0.5, 0.6) is 0 Å². The summed E-state index contributed by atoms with van der Waals surface area (Å²) in [5.41, 5.74) is 0.748. The van der Waals surface area contributed by atoms with Gasteiger partial charge in [0.25, 0.3) is 0 Å². The number of hydrogen-bond acceptors (Lipinski definition) is 3. The summed E-state index contributed by atoms with van der Waals surface area (Å²) in [5, 5.41) is 20.8. The maximum Gasteiger partial charge on any atom is 0.170 e. The van der Waals surface area contributed by atoms with E-state index < -0.39 is 11.8 Å². The van der Waals surface area contributed by atoms with Gasteiger partial charge >= 0.3 is 0 Å². The molecule has 0 aliphatic heterocycles. The van der Waals surface area contributed by atoms with Gasteiger partial charge in [0.1, 0.15) is 6.10 Å². The Hall–Kier alpha value is -0.900. The van der Waals surface area contributed by atoms with E-state index in [1.54, 1.807) is 4.90 Å². The highest BCUT2D eigenvalue weighted by Gasteiger charge is 2.44. The number of rotatable bonds is 2. The molecule has 2 atom stereocenters. The highest BCUT2D eigenvalue weighted by atomic mass is 16.4. The summed E-state index contributed by atoms with van der Waals surface area (Å²) in [6.07, 6.45) is 0.724. The average molecular weight is 221 g/mol. The summed E-state index contributed by atoms with van der Waals surface area (Å²) < 4.78 is 0. The Kier molecular flexibility index (Phi) is 3.02. The Labute approximate surface area is 96.3 Å². The first-order valence-corrected chi connectivity index (χ1v) is 5.80. The van der Waals surface area contributed by atoms with Gasteiger partial charge in [-0.1, -0.05) is 31.2 Å².